The smallest absolute Gasteiger partial charge is 0.254 e. The lowest BCUT2D eigenvalue weighted by atomic mass is 10.1. The first-order chi connectivity index (χ1) is 6.88. The number of nitrogens with zero attached hydrogens (tertiary/aromatic N) is 2. The van der Waals surface area contributed by atoms with Gasteiger partial charge in [0.15, 0.2) is 0 Å². The molecule has 0 fully saturated rings. The summed E-state index contributed by atoms with van der Waals surface area (Å²) in [5.41, 5.74) is -3.66. The van der Waals surface area contributed by atoms with Gasteiger partial charge in [0.25, 0.3) is 6.43 Å². The van der Waals surface area contributed by atoms with Crippen LogP contribution in [0.1, 0.15) is 23.2 Å². The van der Waals surface area contributed by atoms with Crippen LogP contribution in [0, 0.1) is 11.3 Å². The minimum atomic E-state index is -4.84. The van der Waals surface area contributed by atoms with Crippen molar-refractivity contribution >= 4 is 0 Å². The van der Waals surface area contributed by atoms with Crippen LogP contribution in [-0.4, -0.2) is 4.98 Å². The Morgan fingerprint density at radius 2 is 1.93 bits per heavy atom. The van der Waals surface area contributed by atoms with Crippen LogP contribution in [0.25, 0.3) is 0 Å². The van der Waals surface area contributed by atoms with E-state index >= 15 is 0 Å². The molecule has 1 aromatic rings. The molecule has 0 aromatic carbocycles. The van der Waals surface area contributed by atoms with E-state index in [1.54, 1.807) is 0 Å². The third-order valence-corrected chi connectivity index (χ3v) is 1.60. The molecule has 0 saturated carbocycles. The Balaban J connectivity index is 3.44. The molecule has 0 N–H and O–H groups in total. The predicted octanol–water partition coefficient (Wildman–Crippen LogP) is 2.91. The summed E-state index contributed by atoms with van der Waals surface area (Å²) in [6, 6.07) is 1.58. The second-order valence-electron chi connectivity index (χ2n) is 2.53. The normalized spacial score (nSPS) is 11.5. The molecular weight excluding hydrogens is 219 g/mol. The fourth-order valence-electron chi connectivity index (χ4n) is 0.997. The first-order valence-electron chi connectivity index (χ1n) is 3.62. The van der Waals surface area contributed by atoms with Crippen molar-refractivity contribution in [3.63, 3.8) is 0 Å². The van der Waals surface area contributed by atoms with Crippen molar-refractivity contribution in [1.29, 1.82) is 5.26 Å². The zero-order chi connectivity index (χ0) is 11.6. The third-order valence-electron chi connectivity index (χ3n) is 1.60. The Hall–Kier alpha value is -1.71. The van der Waals surface area contributed by atoms with Crippen molar-refractivity contribution in [2.75, 3.05) is 0 Å². The van der Waals surface area contributed by atoms with Gasteiger partial charge in [-0.1, -0.05) is 0 Å². The largest absolute Gasteiger partial charge is 0.417 e. The molecule has 0 aliphatic rings. The lowest BCUT2D eigenvalue weighted by molar-refractivity contribution is -0.138. The second kappa shape index (κ2) is 3.81. The van der Waals surface area contributed by atoms with Crippen molar-refractivity contribution in [1.82, 2.24) is 4.98 Å². The minimum Gasteiger partial charge on any atom is -0.254 e. The van der Waals surface area contributed by atoms with Crippen LogP contribution >= 0.6 is 0 Å². The maximum Gasteiger partial charge on any atom is 0.417 e. The van der Waals surface area contributed by atoms with E-state index < -0.39 is 29.4 Å². The van der Waals surface area contributed by atoms with Crippen LogP contribution in [0.2, 0.25) is 0 Å². The summed E-state index contributed by atoms with van der Waals surface area (Å²) in [7, 11) is 0. The fourth-order valence-corrected chi connectivity index (χ4v) is 0.997. The van der Waals surface area contributed by atoms with E-state index in [9.17, 15) is 22.0 Å². The summed E-state index contributed by atoms with van der Waals surface area (Å²) in [6.07, 6.45) is -7.44. The average molecular weight is 222 g/mol. The van der Waals surface area contributed by atoms with Crippen molar-refractivity contribution in [2.45, 2.75) is 12.6 Å². The van der Waals surface area contributed by atoms with E-state index in [0.717, 1.165) is 6.07 Å². The summed E-state index contributed by atoms with van der Waals surface area (Å²) in [5, 5.41) is 8.39. The molecule has 0 bridgehead atoms. The zero-order valence-electron chi connectivity index (χ0n) is 7.02. The number of rotatable bonds is 1. The van der Waals surface area contributed by atoms with Crippen molar-refractivity contribution in [3.8, 4) is 6.07 Å². The van der Waals surface area contributed by atoms with Crippen molar-refractivity contribution in [2.24, 2.45) is 0 Å². The molecule has 0 radical (unpaired) electrons. The van der Waals surface area contributed by atoms with Crippen LogP contribution in [0.4, 0.5) is 22.0 Å². The van der Waals surface area contributed by atoms with Crippen LogP contribution < -0.4 is 0 Å². The topological polar surface area (TPSA) is 36.7 Å². The highest BCUT2D eigenvalue weighted by molar-refractivity contribution is 5.42. The Morgan fingerprint density at radius 3 is 2.33 bits per heavy atom. The summed E-state index contributed by atoms with van der Waals surface area (Å²) in [4.78, 5) is 3.05. The molecule has 1 heterocycles. The maximum atomic E-state index is 12.3. The Labute approximate surface area is 81.0 Å². The highest BCUT2D eigenvalue weighted by atomic mass is 19.4. The molecule has 80 valence electrons. The van der Waals surface area contributed by atoms with E-state index in [0.29, 0.717) is 12.3 Å². The predicted molar refractivity (Wildman–Crippen MR) is 38.9 cm³/mol. The monoisotopic (exact) mass is 222 g/mol. The molecule has 1 rings (SSSR count). The van der Waals surface area contributed by atoms with Crippen LogP contribution in [-0.2, 0) is 6.18 Å². The van der Waals surface area contributed by atoms with Gasteiger partial charge >= 0.3 is 6.18 Å². The van der Waals surface area contributed by atoms with E-state index in [-0.39, 0.29) is 0 Å². The van der Waals surface area contributed by atoms with Gasteiger partial charge in [-0.2, -0.15) is 18.4 Å². The van der Waals surface area contributed by atoms with Gasteiger partial charge in [-0.15, -0.1) is 0 Å². The first-order valence-corrected chi connectivity index (χ1v) is 3.62. The van der Waals surface area contributed by atoms with E-state index in [1.807, 2.05) is 0 Å². The average Bonchev–Trinajstić information content (AvgIpc) is 2.15. The zero-order valence-corrected chi connectivity index (χ0v) is 7.02. The van der Waals surface area contributed by atoms with Gasteiger partial charge in [0.05, 0.1) is 11.1 Å². The minimum absolute atomic E-state index is 0.491. The molecule has 0 atom stereocenters. The number of pyridine rings is 1. The van der Waals surface area contributed by atoms with Gasteiger partial charge in [0.2, 0.25) is 0 Å². The summed E-state index contributed by atoms with van der Waals surface area (Å²) < 4.78 is 61.2. The number of aromatic nitrogens is 1. The first kappa shape index (κ1) is 11.4. The van der Waals surface area contributed by atoms with Gasteiger partial charge in [-0.25, -0.2) is 8.78 Å². The Kier molecular flexibility index (Phi) is 2.88. The van der Waals surface area contributed by atoms with Crippen LogP contribution in [0.3, 0.4) is 0 Å². The standard InChI is InChI=1S/C8H3F5N2/c9-7(10)6-4(3-14)5(1-2-15-6)8(11,12)13/h1-2,7H. The number of alkyl halides is 5. The van der Waals surface area contributed by atoms with Gasteiger partial charge in [0, 0.05) is 6.20 Å². The highest BCUT2D eigenvalue weighted by Gasteiger charge is 2.36. The van der Waals surface area contributed by atoms with Crippen LogP contribution in [0.5, 0.6) is 0 Å². The Bertz CT molecular complexity index is 404. The molecule has 0 aliphatic carbocycles. The fraction of sp³-hybridized carbons (Fsp3) is 0.250. The second-order valence-corrected chi connectivity index (χ2v) is 2.53. The highest BCUT2D eigenvalue weighted by Crippen LogP contribution is 2.34. The quantitative estimate of drug-likeness (QED) is 0.685. The summed E-state index contributed by atoms with van der Waals surface area (Å²) in [5.74, 6) is 0. The van der Waals surface area contributed by atoms with Gasteiger partial charge in [-0.3, -0.25) is 4.98 Å². The SMILES string of the molecule is N#Cc1c(C(F)(F)F)ccnc1C(F)F. The maximum absolute atomic E-state index is 12.3. The molecular formula is C8H3F5N2. The molecule has 0 spiro atoms. The molecule has 2 nitrogen and oxygen atoms in total. The number of hydrogen-bond acceptors (Lipinski definition) is 2. The molecule has 0 amide bonds. The van der Waals surface area contributed by atoms with Gasteiger partial charge < -0.3 is 0 Å². The van der Waals surface area contributed by atoms with Crippen LogP contribution in [0.15, 0.2) is 12.3 Å². The Morgan fingerprint density at radius 1 is 1.33 bits per heavy atom. The lowest BCUT2D eigenvalue weighted by Crippen LogP contribution is -2.11. The number of nitriles is 1. The molecule has 1 aromatic heterocycles. The van der Waals surface area contributed by atoms with Gasteiger partial charge in [0.1, 0.15) is 11.8 Å². The van der Waals surface area contributed by atoms with E-state index in [1.165, 1.54) is 0 Å². The summed E-state index contributed by atoms with van der Waals surface area (Å²) in [6.45, 7) is 0. The lowest BCUT2D eigenvalue weighted by Gasteiger charge is -2.10. The molecule has 0 unspecified atom stereocenters. The molecule has 15 heavy (non-hydrogen) atoms. The number of halogens is 5. The molecule has 7 heteroatoms. The number of hydrogen-bond donors (Lipinski definition) is 0. The van der Waals surface area contributed by atoms with Crippen molar-refractivity contribution in [3.05, 3.63) is 29.1 Å². The van der Waals surface area contributed by atoms with E-state index in [4.69, 9.17) is 5.26 Å². The third kappa shape index (κ3) is 2.21. The van der Waals surface area contributed by atoms with E-state index in [2.05, 4.69) is 4.98 Å². The summed E-state index contributed by atoms with van der Waals surface area (Å²) >= 11 is 0. The molecule has 0 aliphatic heterocycles. The van der Waals surface area contributed by atoms with Gasteiger partial charge in [-0.05, 0) is 6.07 Å². The molecule has 0 saturated heterocycles. The van der Waals surface area contributed by atoms with Crippen molar-refractivity contribution < 1.29 is 22.0 Å².